The van der Waals surface area contributed by atoms with E-state index in [1.54, 1.807) is 7.05 Å². The molecule has 1 saturated heterocycles. The molecule has 1 aliphatic heterocycles. The van der Waals surface area contributed by atoms with Crippen molar-refractivity contribution in [3.8, 4) is 0 Å². The van der Waals surface area contributed by atoms with Crippen LogP contribution in [0.2, 0.25) is 0 Å². The Morgan fingerprint density at radius 2 is 1.71 bits per heavy atom. The number of hydrogen-bond donors (Lipinski definition) is 2. The molecule has 1 aliphatic rings. The summed E-state index contributed by atoms with van der Waals surface area (Å²) in [4.78, 5) is 6.75. The molecule has 3 rings (SSSR count). The van der Waals surface area contributed by atoms with Crippen LogP contribution >= 0.6 is 24.0 Å². The van der Waals surface area contributed by atoms with Gasteiger partial charge in [-0.3, -0.25) is 9.89 Å². The van der Waals surface area contributed by atoms with Gasteiger partial charge in [0.2, 0.25) is 0 Å². The van der Waals surface area contributed by atoms with Gasteiger partial charge in [0.25, 0.3) is 0 Å². The molecule has 2 aromatic rings. The van der Waals surface area contributed by atoms with Crippen LogP contribution in [0.25, 0.3) is 0 Å². The predicted octanol–water partition coefficient (Wildman–Crippen LogP) is 3.89. The van der Waals surface area contributed by atoms with Crippen LogP contribution in [0, 0.1) is 0 Å². The summed E-state index contributed by atoms with van der Waals surface area (Å²) < 4.78 is 11.2. The highest BCUT2D eigenvalue weighted by atomic mass is 127. The van der Waals surface area contributed by atoms with Crippen molar-refractivity contribution in [2.45, 2.75) is 65.5 Å². The number of rotatable bonds is 7. The standard InChI is InChI=1S/C23H35N5O2.HI/c1-16(2)22-10-21(30-27-22)12-26-23(24-5)25-11-19-6-8-20(9-7-19)15-28-13-17(3)29-18(4)14-28;/h6-10,16-18H,11-15H2,1-5H3,(H2,24,25,26);1H. The highest BCUT2D eigenvalue weighted by Crippen LogP contribution is 2.15. The molecule has 1 fully saturated rings. The summed E-state index contributed by atoms with van der Waals surface area (Å²) in [7, 11) is 1.77. The Bertz CT molecular complexity index is 812. The first-order chi connectivity index (χ1) is 14.4. The molecule has 0 radical (unpaired) electrons. The highest BCUT2D eigenvalue weighted by molar-refractivity contribution is 14.0. The summed E-state index contributed by atoms with van der Waals surface area (Å²) in [5.41, 5.74) is 3.51. The van der Waals surface area contributed by atoms with E-state index in [9.17, 15) is 0 Å². The molecule has 7 nitrogen and oxygen atoms in total. The van der Waals surface area contributed by atoms with E-state index < -0.39 is 0 Å². The largest absolute Gasteiger partial charge is 0.373 e. The van der Waals surface area contributed by atoms with E-state index in [2.05, 4.69) is 77.6 Å². The Hall–Kier alpha value is -1.65. The van der Waals surface area contributed by atoms with Gasteiger partial charge >= 0.3 is 0 Å². The third kappa shape index (κ3) is 8.08. The Balaban J connectivity index is 0.00000341. The van der Waals surface area contributed by atoms with E-state index in [4.69, 9.17) is 9.26 Å². The maximum atomic E-state index is 5.82. The summed E-state index contributed by atoms with van der Waals surface area (Å²) in [5, 5.41) is 10.7. The van der Waals surface area contributed by atoms with Gasteiger partial charge < -0.3 is 19.9 Å². The van der Waals surface area contributed by atoms with Crippen LogP contribution in [0.1, 0.15) is 56.2 Å². The maximum Gasteiger partial charge on any atom is 0.191 e. The molecule has 2 heterocycles. The van der Waals surface area contributed by atoms with E-state index in [1.165, 1.54) is 11.1 Å². The van der Waals surface area contributed by atoms with Crippen LogP contribution in [-0.4, -0.2) is 48.4 Å². The van der Waals surface area contributed by atoms with E-state index >= 15 is 0 Å². The van der Waals surface area contributed by atoms with Gasteiger partial charge in [-0.1, -0.05) is 43.3 Å². The number of nitrogens with zero attached hydrogens (tertiary/aromatic N) is 3. The van der Waals surface area contributed by atoms with Gasteiger partial charge in [-0.2, -0.15) is 0 Å². The minimum atomic E-state index is 0. The Labute approximate surface area is 203 Å². The number of nitrogens with one attached hydrogen (secondary N) is 2. The molecule has 0 saturated carbocycles. The van der Waals surface area contributed by atoms with E-state index in [-0.39, 0.29) is 24.0 Å². The molecule has 172 valence electrons. The Kier molecular flexibility index (Phi) is 10.2. The summed E-state index contributed by atoms with van der Waals surface area (Å²) >= 11 is 0. The van der Waals surface area contributed by atoms with E-state index in [0.29, 0.717) is 31.2 Å². The normalized spacial score (nSPS) is 19.9. The molecule has 0 bridgehead atoms. The van der Waals surface area contributed by atoms with Crippen LogP contribution in [0.15, 0.2) is 39.8 Å². The minimum Gasteiger partial charge on any atom is -0.373 e. The summed E-state index contributed by atoms with van der Waals surface area (Å²) in [5.74, 6) is 1.90. The van der Waals surface area contributed by atoms with E-state index in [0.717, 1.165) is 37.0 Å². The molecular formula is C23H36IN5O2. The lowest BCUT2D eigenvalue weighted by atomic mass is 10.1. The van der Waals surface area contributed by atoms with Crippen molar-refractivity contribution in [2.24, 2.45) is 4.99 Å². The van der Waals surface area contributed by atoms with Gasteiger partial charge in [-0.15, -0.1) is 24.0 Å². The van der Waals surface area contributed by atoms with Crippen molar-refractivity contribution >= 4 is 29.9 Å². The van der Waals surface area contributed by atoms with Crippen LogP contribution in [-0.2, 0) is 24.4 Å². The zero-order chi connectivity index (χ0) is 21.5. The first kappa shape index (κ1) is 25.6. The van der Waals surface area contributed by atoms with Gasteiger partial charge in [0.05, 0.1) is 24.4 Å². The third-order valence-electron chi connectivity index (χ3n) is 5.21. The average molecular weight is 541 g/mol. The number of benzene rings is 1. The molecule has 1 aromatic heterocycles. The second kappa shape index (κ2) is 12.4. The number of hydrogen-bond acceptors (Lipinski definition) is 5. The van der Waals surface area contributed by atoms with Crippen LogP contribution < -0.4 is 10.6 Å². The summed E-state index contributed by atoms with van der Waals surface area (Å²) in [6, 6.07) is 10.8. The quantitative estimate of drug-likeness (QED) is 0.315. The third-order valence-corrected chi connectivity index (χ3v) is 5.21. The Morgan fingerprint density at radius 1 is 1.10 bits per heavy atom. The molecule has 8 heteroatoms. The molecule has 2 unspecified atom stereocenters. The lowest BCUT2D eigenvalue weighted by molar-refractivity contribution is -0.0704. The lowest BCUT2D eigenvalue weighted by Crippen LogP contribution is -2.44. The van der Waals surface area contributed by atoms with Crippen molar-refractivity contribution in [2.75, 3.05) is 20.1 Å². The molecular weight excluding hydrogens is 505 g/mol. The first-order valence-electron chi connectivity index (χ1n) is 10.8. The number of halogens is 1. The minimum absolute atomic E-state index is 0. The van der Waals surface area contributed by atoms with Crippen molar-refractivity contribution in [3.05, 3.63) is 52.9 Å². The van der Waals surface area contributed by atoms with Gasteiger partial charge in [0.15, 0.2) is 11.7 Å². The molecule has 2 N–H and O–H groups in total. The SMILES string of the molecule is CN=C(NCc1ccc(CN2CC(C)OC(C)C2)cc1)NCc1cc(C(C)C)no1.I. The maximum absolute atomic E-state index is 5.82. The smallest absolute Gasteiger partial charge is 0.191 e. The second-order valence-electron chi connectivity index (χ2n) is 8.42. The number of ether oxygens (including phenoxy) is 1. The number of aromatic nitrogens is 1. The van der Waals surface area contributed by atoms with Crippen LogP contribution in [0.4, 0.5) is 0 Å². The molecule has 1 aromatic carbocycles. The fraction of sp³-hybridized carbons (Fsp3) is 0.565. The first-order valence-corrected chi connectivity index (χ1v) is 10.8. The van der Waals surface area contributed by atoms with Crippen molar-refractivity contribution in [1.29, 1.82) is 0 Å². The summed E-state index contributed by atoms with van der Waals surface area (Å²) in [6.07, 6.45) is 0.593. The molecule has 0 amide bonds. The van der Waals surface area contributed by atoms with E-state index in [1.807, 2.05) is 6.07 Å². The average Bonchev–Trinajstić information content (AvgIpc) is 3.18. The molecule has 2 atom stereocenters. The van der Waals surface area contributed by atoms with Crippen LogP contribution in [0.3, 0.4) is 0 Å². The fourth-order valence-electron chi connectivity index (χ4n) is 3.70. The highest BCUT2D eigenvalue weighted by Gasteiger charge is 2.21. The molecule has 31 heavy (non-hydrogen) atoms. The Morgan fingerprint density at radius 3 is 2.29 bits per heavy atom. The lowest BCUT2D eigenvalue weighted by Gasteiger charge is -2.35. The van der Waals surface area contributed by atoms with Gasteiger partial charge in [0, 0.05) is 39.3 Å². The van der Waals surface area contributed by atoms with Crippen molar-refractivity contribution in [1.82, 2.24) is 20.7 Å². The van der Waals surface area contributed by atoms with Crippen molar-refractivity contribution < 1.29 is 9.26 Å². The summed E-state index contributed by atoms with van der Waals surface area (Å²) in [6.45, 7) is 12.7. The second-order valence-corrected chi connectivity index (χ2v) is 8.42. The molecule has 0 aliphatic carbocycles. The number of aliphatic imine (C=N–C) groups is 1. The number of guanidine groups is 1. The van der Waals surface area contributed by atoms with Gasteiger partial charge in [-0.25, -0.2) is 0 Å². The van der Waals surface area contributed by atoms with Gasteiger partial charge in [-0.05, 0) is 30.9 Å². The fourth-order valence-corrected chi connectivity index (χ4v) is 3.70. The number of morpholine rings is 1. The van der Waals surface area contributed by atoms with Crippen LogP contribution in [0.5, 0.6) is 0 Å². The topological polar surface area (TPSA) is 74.9 Å². The van der Waals surface area contributed by atoms with Gasteiger partial charge in [0.1, 0.15) is 0 Å². The zero-order valence-corrected chi connectivity index (χ0v) is 21.6. The van der Waals surface area contributed by atoms with Crippen molar-refractivity contribution in [3.63, 3.8) is 0 Å². The monoisotopic (exact) mass is 541 g/mol. The predicted molar refractivity (Wildman–Crippen MR) is 135 cm³/mol. The molecule has 0 spiro atoms. The zero-order valence-electron chi connectivity index (χ0n) is 19.2.